The number of rotatable bonds is 5. The monoisotopic (exact) mass is 268 g/mol. The van der Waals surface area contributed by atoms with Crippen LogP contribution in [0.25, 0.3) is 0 Å². The Morgan fingerprint density at radius 3 is 2.65 bits per heavy atom. The van der Waals surface area contributed by atoms with Crippen LogP contribution in [0, 0.1) is 11.8 Å². The van der Waals surface area contributed by atoms with Crippen molar-refractivity contribution in [2.45, 2.75) is 50.9 Å². The van der Waals surface area contributed by atoms with Crippen LogP contribution in [0.2, 0.25) is 0 Å². The molecule has 0 spiro atoms. The van der Waals surface area contributed by atoms with Crippen LogP contribution in [0.5, 0.6) is 0 Å². The average Bonchev–Trinajstić information content (AvgIpc) is 3.29. The third-order valence-corrected chi connectivity index (χ3v) is 4.84. The summed E-state index contributed by atoms with van der Waals surface area (Å²) < 4.78 is 0. The maximum Gasteiger partial charge on any atom is 0.155 e. The average molecular weight is 268 g/mol. The Hall–Kier alpha value is -1.37. The maximum absolute atomic E-state index is 11.7. The number of ketones is 1. The molecule has 1 heteroatoms. The fourth-order valence-electron chi connectivity index (χ4n) is 3.54. The molecule has 0 saturated heterocycles. The van der Waals surface area contributed by atoms with Gasteiger partial charge in [0.2, 0.25) is 0 Å². The summed E-state index contributed by atoms with van der Waals surface area (Å²) in [5, 5.41) is 0. The smallest absolute Gasteiger partial charge is 0.155 e. The molecule has 0 N–H and O–H groups in total. The summed E-state index contributed by atoms with van der Waals surface area (Å²) in [7, 11) is 0. The minimum atomic E-state index is 0.329. The van der Waals surface area contributed by atoms with E-state index in [0.717, 1.165) is 24.7 Å². The van der Waals surface area contributed by atoms with Crippen LogP contribution in [0.1, 0.15) is 56.4 Å². The molecule has 0 aromatic heterocycles. The van der Waals surface area contributed by atoms with E-state index in [-0.39, 0.29) is 0 Å². The molecule has 1 aromatic rings. The van der Waals surface area contributed by atoms with E-state index in [9.17, 15) is 4.79 Å². The summed E-state index contributed by atoms with van der Waals surface area (Å²) in [6, 6.07) is 11.0. The quantitative estimate of drug-likeness (QED) is 0.743. The first-order valence-corrected chi connectivity index (χ1v) is 8.07. The third-order valence-electron chi connectivity index (χ3n) is 4.84. The first-order chi connectivity index (χ1) is 9.83. The lowest BCUT2D eigenvalue weighted by Gasteiger charge is -2.20. The van der Waals surface area contributed by atoms with Crippen LogP contribution in [-0.4, -0.2) is 5.78 Å². The molecule has 1 saturated carbocycles. The highest BCUT2D eigenvalue weighted by Crippen LogP contribution is 2.45. The molecular weight excluding hydrogens is 244 g/mol. The maximum atomic E-state index is 11.7. The van der Waals surface area contributed by atoms with Crippen molar-refractivity contribution < 1.29 is 4.79 Å². The number of carbonyl (C=O) groups excluding carboxylic acids is 1. The molecular formula is C19H24O. The Bertz CT molecular complexity index is 470. The van der Waals surface area contributed by atoms with Crippen LogP contribution >= 0.6 is 0 Å². The summed E-state index contributed by atoms with van der Waals surface area (Å²) in [6.07, 6.45) is 12.1. The molecule has 0 amide bonds. The highest BCUT2D eigenvalue weighted by atomic mass is 16.1. The first-order valence-electron chi connectivity index (χ1n) is 8.07. The molecule has 1 nitrogen and oxygen atoms in total. The summed E-state index contributed by atoms with van der Waals surface area (Å²) in [4.78, 5) is 11.7. The van der Waals surface area contributed by atoms with Crippen molar-refractivity contribution in [3.05, 3.63) is 48.0 Å². The van der Waals surface area contributed by atoms with Crippen LogP contribution in [-0.2, 0) is 4.79 Å². The van der Waals surface area contributed by atoms with Gasteiger partial charge in [-0.3, -0.25) is 4.79 Å². The topological polar surface area (TPSA) is 17.1 Å². The SMILES string of the molecule is O=C1C=CCCC(CCC(c2ccccc2)C2CC2)C1. The van der Waals surface area contributed by atoms with Crippen molar-refractivity contribution in [1.29, 1.82) is 0 Å². The van der Waals surface area contributed by atoms with E-state index in [1.165, 1.54) is 37.7 Å². The van der Waals surface area contributed by atoms with Gasteiger partial charge in [-0.15, -0.1) is 0 Å². The van der Waals surface area contributed by atoms with Crippen molar-refractivity contribution >= 4 is 5.78 Å². The molecule has 2 aliphatic carbocycles. The Morgan fingerprint density at radius 1 is 1.10 bits per heavy atom. The second-order valence-corrected chi connectivity index (χ2v) is 6.45. The van der Waals surface area contributed by atoms with Gasteiger partial charge in [-0.1, -0.05) is 36.4 Å². The second kappa shape index (κ2) is 6.39. The molecule has 2 atom stereocenters. The van der Waals surface area contributed by atoms with Gasteiger partial charge in [0.25, 0.3) is 0 Å². The summed E-state index contributed by atoms with van der Waals surface area (Å²) in [5.41, 5.74) is 1.51. The summed E-state index contributed by atoms with van der Waals surface area (Å²) >= 11 is 0. The molecule has 3 rings (SSSR count). The van der Waals surface area contributed by atoms with E-state index in [4.69, 9.17) is 0 Å². The van der Waals surface area contributed by atoms with Crippen molar-refractivity contribution in [1.82, 2.24) is 0 Å². The lowest BCUT2D eigenvalue weighted by Crippen LogP contribution is -2.09. The zero-order chi connectivity index (χ0) is 13.8. The second-order valence-electron chi connectivity index (χ2n) is 6.45. The van der Waals surface area contributed by atoms with Gasteiger partial charge in [0.05, 0.1) is 0 Å². The van der Waals surface area contributed by atoms with Gasteiger partial charge in [0, 0.05) is 6.42 Å². The highest BCUT2D eigenvalue weighted by Gasteiger charge is 2.32. The first kappa shape index (κ1) is 13.6. The molecule has 1 fully saturated rings. The van der Waals surface area contributed by atoms with Gasteiger partial charge in [0.15, 0.2) is 5.78 Å². The minimum absolute atomic E-state index is 0.329. The van der Waals surface area contributed by atoms with E-state index in [1.807, 2.05) is 0 Å². The molecule has 0 bridgehead atoms. The van der Waals surface area contributed by atoms with Gasteiger partial charge in [-0.2, -0.15) is 0 Å². The van der Waals surface area contributed by atoms with Crippen LogP contribution in [0.3, 0.4) is 0 Å². The van der Waals surface area contributed by atoms with Gasteiger partial charge < -0.3 is 0 Å². The van der Waals surface area contributed by atoms with Gasteiger partial charge >= 0.3 is 0 Å². The van der Waals surface area contributed by atoms with Crippen molar-refractivity contribution in [2.75, 3.05) is 0 Å². The predicted octanol–water partition coefficient (Wildman–Crippen LogP) is 4.89. The predicted molar refractivity (Wildman–Crippen MR) is 82.6 cm³/mol. The van der Waals surface area contributed by atoms with Crippen molar-refractivity contribution in [3.8, 4) is 0 Å². The lowest BCUT2D eigenvalue weighted by molar-refractivity contribution is -0.115. The largest absolute Gasteiger partial charge is 0.295 e. The summed E-state index contributed by atoms with van der Waals surface area (Å²) in [5.74, 6) is 2.55. The van der Waals surface area contributed by atoms with Gasteiger partial charge in [-0.05, 0) is 67.9 Å². The fraction of sp³-hybridized carbons (Fsp3) is 0.526. The minimum Gasteiger partial charge on any atom is -0.295 e. The number of hydrogen-bond donors (Lipinski definition) is 0. The molecule has 0 radical (unpaired) electrons. The van der Waals surface area contributed by atoms with Crippen LogP contribution < -0.4 is 0 Å². The van der Waals surface area contributed by atoms with Crippen LogP contribution in [0.4, 0.5) is 0 Å². The number of benzene rings is 1. The molecule has 0 heterocycles. The van der Waals surface area contributed by atoms with Gasteiger partial charge in [0.1, 0.15) is 0 Å². The number of allylic oxidation sites excluding steroid dienone is 2. The molecule has 20 heavy (non-hydrogen) atoms. The Balaban J connectivity index is 1.59. The van der Waals surface area contributed by atoms with Crippen LogP contribution in [0.15, 0.2) is 42.5 Å². The van der Waals surface area contributed by atoms with Gasteiger partial charge in [-0.25, -0.2) is 0 Å². The molecule has 1 aromatic carbocycles. The molecule has 106 valence electrons. The standard InChI is InChI=1S/C19H24O/c20-18-9-5-4-6-15(14-18)10-13-19(17-11-12-17)16-7-2-1-3-8-16/h1-3,5,7-9,15,17,19H,4,6,10-14H2. The van der Waals surface area contributed by atoms with Crippen molar-refractivity contribution in [3.63, 3.8) is 0 Å². The lowest BCUT2D eigenvalue weighted by atomic mass is 9.84. The third kappa shape index (κ3) is 3.59. The van der Waals surface area contributed by atoms with E-state index < -0.39 is 0 Å². The number of carbonyl (C=O) groups is 1. The number of hydrogen-bond acceptors (Lipinski definition) is 1. The zero-order valence-electron chi connectivity index (χ0n) is 12.1. The Labute approximate surface area is 122 Å². The zero-order valence-corrected chi connectivity index (χ0v) is 12.1. The van der Waals surface area contributed by atoms with E-state index in [0.29, 0.717) is 11.7 Å². The molecule has 0 aliphatic heterocycles. The fourth-order valence-corrected chi connectivity index (χ4v) is 3.54. The summed E-state index contributed by atoms with van der Waals surface area (Å²) in [6.45, 7) is 0. The highest BCUT2D eigenvalue weighted by molar-refractivity contribution is 5.89. The van der Waals surface area contributed by atoms with E-state index >= 15 is 0 Å². The molecule has 2 unspecified atom stereocenters. The Kier molecular flexibility index (Phi) is 4.34. The molecule has 2 aliphatic rings. The Morgan fingerprint density at radius 2 is 1.90 bits per heavy atom. The van der Waals surface area contributed by atoms with E-state index in [1.54, 1.807) is 6.08 Å². The normalized spacial score (nSPS) is 24.4. The van der Waals surface area contributed by atoms with Crippen molar-refractivity contribution in [2.24, 2.45) is 11.8 Å². The van der Waals surface area contributed by atoms with E-state index in [2.05, 4.69) is 36.4 Å².